The van der Waals surface area contributed by atoms with Gasteiger partial charge in [-0.1, -0.05) is 6.07 Å². The molecule has 1 N–H and O–H groups in total. The summed E-state index contributed by atoms with van der Waals surface area (Å²) in [5, 5.41) is 0. The largest absolute Gasteiger partial charge is 0.374 e. The molecule has 1 aromatic carbocycles. The summed E-state index contributed by atoms with van der Waals surface area (Å²) in [6, 6.07) is 5.74. The highest BCUT2D eigenvalue weighted by Gasteiger charge is 2.08. The minimum Gasteiger partial charge on any atom is -0.374 e. The first kappa shape index (κ1) is 14.5. The van der Waals surface area contributed by atoms with Crippen LogP contribution >= 0.6 is 0 Å². The molecule has 1 aromatic heterocycles. The molecule has 2 rings (SSSR count). The summed E-state index contributed by atoms with van der Waals surface area (Å²) in [5.41, 5.74) is 5.10. The van der Waals surface area contributed by atoms with E-state index in [4.69, 9.17) is 4.74 Å². The minimum atomic E-state index is -0.151. The summed E-state index contributed by atoms with van der Waals surface area (Å²) in [5.74, 6) is 0.562. The Hall–Kier alpha value is -1.94. The fourth-order valence-electron chi connectivity index (χ4n) is 2.15. The van der Waals surface area contributed by atoms with Crippen LogP contribution in [0.3, 0.4) is 0 Å². The number of nitrogens with zero attached hydrogens (tertiary/aromatic N) is 1. The zero-order valence-electron chi connectivity index (χ0n) is 12.4. The number of aryl methyl sites for hydroxylation is 3. The monoisotopic (exact) mass is 272 g/mol. The second-order valence-corrected chi connectivity index (χ2v) is 4.97. The lowest BCUT2D eigenvalue weighted by atomic mass is 9.98. The van der Waals surface area contributed by atoms with Gasteiger partial charge in [0.1, 0.15) is 12.4 Å². The van der Waals surface area contributed by atoms with E-state index < -0.39 is 0 Å². The van der Waals surface area contributed by atoms with E-state index in [0.717, 1.165) is 11.1 Å². The predicted molar refractivity (Wildman–Crippen MR) is 79.8 cm³/mol. The van der Waals surface area contributed by atoms with Gasteiger partial charge in [0.15, 0.2) is 0 Å². The molecule has 0 aliphatic rings. The summed E-state index contributed by atoms with van der Waals surface area (Å²) in [6.45, 7) is 9.01. The van der Waals surface area contributed by atoms with E-state index in [1.165, 1.54) is 17.2 Å². The van der Waals surface area contributed by atoms with Gasteiger partial charge in [0.05, 0.1) is 5.69 Å². The number of ether oxygens (including phenoxy) is 1. The average molecular weight is 272 g/mol. The van der Waals surface area contributed by atoms with Crippen molar-refractivity contribution >= 4 is 0 Å². The van der Waals surface area contributed by atoms with Crippen molar-refractivity contribution in [2.45, 2.75) is 34.3 Å². The summed E-state index contributed by atoms with van der Waals surface area (Å²) in [6.07, 6.45) is 0. The molecule has 1 heterocycles. The number of rotatable bonds is 4. The smallest absolute Gasteiger partial charge is 0.251 e. The molecule has 106 valence electrons. The van der Waals surface area contributed by atoms with Gasteiger partial charge in [0, 0.05) is 18.2 Å². The maximum absolute atomic E-state index is 11.8. The fraction of sp³-hybridized carbons (Fsp3) is 0.375. The lowest BCUT2D eigenvalue weighted by Crippen LogP contribution is -2.12. The Kier molecular flexibility index (Phi) is 4.35. The lowest BCUT2D eigenvalue weighted by Gasteiger charge is -2.10. The summed E-state index contributed by atoms with van der Waals surface area (Å²) < 4.78 is 5.31. The molecular weight excluding hydrogens is 252 g/mol. The van der Waals surface area contributed by atoms with Crippen molar-refractivity contribution in [3.63, 3.8) is 0 Å². The van der Waals surface area contributed by atoms with Gasteiger partial charge in [-0.3, -0.25) is 4.79 Å². The van der Waals surface area contributed by atoms with E-state index in [2.05, 4.69) is 35.9 Å². The molecule has 0 unspecified atom stereocenters. The van der Waals surface area contributed by atoms with Crippen molar-refractivity contribution in [3.05, 3.63) is 51.1 Å². The van der Waals surface area contributed by atoms with E-state index in [0.29, 0.717) is 24.7 Å². The van der Waals surface area contributed by atoms with Gasteiger partial charge in [-0.2, -0.15) is 0 Å². The van der Waals surface area contributed by atoms with Crippen molar-refractivity contribution in [2.75, 3.05) is 6.61 Å². The van der Waals surface area contributed by atoms with Crippen LogP contribution in [0, 0.1) is 20.8 Å². The predicted octanol–water partition coefficient (Wildman–Crippen LogP) is 2.90. The Morgan fingerprint density at radius 3 is 2.50 bits per heavy atom. The van der Waals surface area contributed by atoms with Crippen LogP contribution in [0.25, 0.3) is 11.3 Å². The van der Waals surface area contributed by atoms with Crippen LogP contribution in [0.1, 0.15) is 29.4 Å². The molecule has 4 nitrogen and oxygen atoms in total. The second kappa shape index (κ2) is 6.01. The normalized spacial score (nSPS) is 10.8. The van der Waals surface area contributed by atoms with Gasteiger partial charge in [-0.25, -0.2) is 4.98 Å². The Morgan fingerprint density at radius 1 is 1.10 bits per heavy atom. The van der Waals surface area contributed by atoms with Gasteiger partial charge in [-0.15, -0.1) is 0 Å². The van der Waals surface area contributed by atoms with Crippen LogP contribution in [-0.4, -0.2) is 16.6 Å². The molecule has 0 amide bonds. The quantitative estimate of drug-likeness (QED) is 0.931. The van der Waals surface area contributed by atoms with Crippen LogP contribution in [0.2, 0.25) is 0 Å². The summed E-state index contributed by atoms with van der Waals surface area (Å²) >= 11 is 0. The first-order valence-electron chi connectivity index (χ1n) is 6.77. The van der Waals surface area contributed by atoms with E-state index in [-0.39, 0.29) is 5.56 Å². The van der Waals surface area contributed by atoms with Gasteiger partial charge in [0.2, 0.25) is 0 Å². The highest BCUT2D eigenvalue weighted by molar-refractivity contribution is 5.65. The third kappa shape index (κ3) is 3.14. The minimum absolute atomic E-state index is 0.151. The molecule has 0 aliphatic heterocycles. The lowest BCUT2D eigenvalue weighted by molar-refractivity contribution is 0.128. The van der Waals surface area contributed by atoms with E-state index >= 15 is 0 Å². The average Bonchev–Trinajstić information content (AvgIpc) is 2.40. The molecule has 2 aromatic rings. The maximum atomic E-state index is 11.8. The Morgan fingerprint density at radius 2 is 1.80 bits per heavy atom. The highest BCUT2D eigenvalue weighted by Crippen LogP contribution is 2.24. The SMILES string of the molecule is CCOCc1nc(-c2cc(C)c(C)cc2C)cc(=O)[nH]1. The molecule has 0 saturated carbocycles. The van der Waals surface area contributed by atoms with Gasteiger partial charge < -0.3 is 9.72 Å². The number of aromatic amines is 1. The summed E-state index contributed by atoms with van der Waals surface area (Å²) in [7, 11) is 0. The first-order valence-corrected chi connectivity index (χ1v) is 6.77. The third-order valence-electron chi connectivity index (χ3n) is 3.35. The van der Waals surface area contributed by atoms with Gasteiger partial charge in [-0.05, 0) is 50.5 Å². The molecule has 0 saturated heterocycles. The molecule has 4 heteroatoms. The van der Waals surface area contributed by atoms with Crippen LogP contribution in [0.15, 0.2) is 23.0 Å². The molecule has 0 atom stereocenters. The van der Waals surface area contributed by atoms with Crippen molar-refractivity contribution in [1.29, 1.82) is 0 Å². The third-order valence-corrected chi connectivity index (χ3v) is 3.35. The Labute approximate surface area is 118 Å². The number of H-pyrrole nitrogens is 1. The standard InChI is InChI=1S/C16H20N2O2/c1-5-20-9-15-17-14(8-16(19)18-15)13-7-11(3)10(2)6-12(13)4/h6-8H,5,9H2,1-4H3,(H,17,18,19). The molecular formula is C16H20N2O2. The van der Waals surface area contributed by atoms with Crippen molar-refractivity contribution in [3.8, 4) is 11.3 Å². The zero-order valence-corrected chi connectivity index (χ0v) is 12.4. The fourth-order valence-corrected chi connectivity index (χ4v) is 2.15. The first-order chi connectivity index (χ1) is 9.51. The second-order valence-electron chi connectivity index (χ2n) is 4.97. The molecule has 20 heavy (non-hydrogen) atoms. The van der Waals surface area contributed by atoms with Gasteiger partial charge in [0.25, 0.3) is 5.56 Å². The van der Waals surface area contributed by atoms with Crippen LogP contribution in [0.5, 0.6) is 0 Å². The highest BCUT2D eigenvalue weighted by atomic mass is 16.5. The van der Waals surface area contributed by atoms with Crippen LogP contribution in [-0.2, 0) is 11.3 Å². The zero-order chi connectivity index (χ0) is 14.7. The summed E-state index contributed by atoms with van der Waals surface area (Å²) in [4.78, 5) is 19.0. The number of nitrogens with one attached hydrogen (secondary N) is 1. The number of hydrogen-bond donors (Lipinski definition) is 1. The number of benzene rings is 1. The Bertz CT molecular complexity index is 675. The van der Waals surface area contributed by atoms with Crippen molar-refractivity contribution in [2.24, 2.45) is 0 Å². The van der Waals surface area contributed by atoms with E-state index in [9.17, 15) is 4.79 Å². The number of hydrogen-bond acceptors (Lipinski definition) is 3. The molecule has 0 spiro atoms. The van der Waals surface area contributed by atoms with Gasteiger partial charge >= 0.3 is 0 Å². The molecule has 0 aliphatic carbocycles. The maximum Gasteiger partial charge on any atom is 0.251 e. The topological polar surface area (TPSA) is 55.0 Å². The van der Waals surface area contributed by atoms with Crippen molar-refractivity contribution in [1.82, 2.24) is 9.97 Å². The van der Waals surface area contributed by atoms with Crippen molar-refractivity contribution < 1.29 is 4.74 Å². The molecule has 0 radical (unpaired) electrons. The van der Waals surface area contributed by atoms with Crippen LogP contribution in [0.4, 0.5) is 0 Å². The number of aromatic nitrogens is 2. The molecule has 0 fully saturated rings. The van der Waals surface area contributed by atoms with Crippen LogP contribution < -0.4 is 5.56 Å². The van der Waals surface area contributed by atoms with E-state index in [1.807, 2.05) is 13.8 Å². The van der Waals surface area contributed by atoms with E-state index in [1.54, 1.807) is 0 Å². The molecule has 0 bridgehead atoms. The Balaban J connectivity index is 2.49.